The van der Waals surface area contributed by atoms with Gasteiger partial charge in [-0.1, -0.05) is 49.7 Å². The first-order chi connectivity index (χ1) is 15.8. The highest BCUT2D eigenvalue weighted by Gasteiger charge is 2.44. The van der Waals surface area contributed by atoms with Gasteiger partial charge in [-0.3, -0.25) is 9.59 Å². The van der Waals surface area contributed by atoms with Crippen molar-refractivity contribution in [2.24, 2.45) is 5.92 Å². The van der Waals surface area contributed by atoms with Crippen molar-refractivity contribution in [3.05, 3.63) is 80.5 Å². The molecule has 0 unspecified atom stereocenters. The van der Waals surface area contributed by atoms with E-state index in [1.54, 1.807) is 24.5 Å². The molecule has 0 spiro atoms. The highest BCUT2D eigenvalue weighted by atomic mass is 35.5. The van der Waals surface area contributed by atoms with E-state index in [1.165, 1.54) is 0 Å². The summed E-state index contributed by atoms with van der Waals surface area (Å²) in [4.78, 5) is 30.3. The van der Waals surface area contributed by atoms with Crippen LogP contribution < -0.4 is 10.1 Å². The highest BCUT2D eigenvalue weighted by molar-refractivity contribution is 7.10. The van der Waals surface area contributed by atoms with Crippen LogP contribution >= 0.6 is 22.9 Å². The number of thiophene rings is 1. The van der Waals surface area contributed by atoms with Crippen LogP contribution in [0.2, 0.25) is 5.02 Å². The minimum absolute atomic E-state index is 0.0401. The number of aryl methyl sites for hydroxylation is 1. The van der Waals surface area contributed by atoms with Crippen LogP contribution in [0.3, 0.4) is 0 Å². The molecular weight excluding hydrogens is 456 g/mol. The maximum absolute atomic E-state index is 13.9. The molecule has 1 aromatic heterocycles. The third-order valence-corrected chi connectivity index (χ3v) is 7.21. The molecule has 2 amide bonds. The number of methoxy groups -OCH3 is 1. The number of fused-ring (bicyclic) bond motifs is 1. The lowest BCUT2D eigenvalue weighted by atomic mass is 9.81. The summed E-state index contributed by atoms with van der Waals surface area (Å²) in [7, 11) is 1.55. The molecule has 2 heterocycles. The van der Waals surface area contributed by atoms with Crippen molar-refractivity contribution in [2.75, 3.05) is 19.0 Å². The molecule has 2 atom stereocenters. The summed E-state index contributed by atoms with van der Waals surface area (Å²) in [6.45, 7) is 6.60. The summed E-state index contributed by atoms with van der Waals surface area (Å²) in [5.74, 6) is -0.0592. The fourth-order valence-electron chi connectivity index (χ4n) is 4.39. The molecule has 0 saturated heterocycles. The maximum atomic E-state index is 13.9. The number of rotatable bonds is 6. The van der Waals surface area contributed by atoms with Gasteiger partial charge in [-0.2, -0.15) is 0 Å². The molecule has 4 rings (SSSR count). The summed E-state index contributed by atoms with van der Waals surface area (Å²) < 4.78 is 5.47. The fourth-order valence-corrected chi connectivity index (χ4v) is 5.41. The molecule has 3 aromatic rings. The molecule has 33 heavy (non-hydrogen) atoms. The maximum Gasteiger partial charge on any atom is 0.254 e. The van der Waals surface area contributed by atoms with Crippen molar-refractivity contribution >= 4 is 40.4 Å². The van der Waals surface area contributed by atoms with E-state index in [-0.39, 0.29) is 17.7 Å². The van der Waals surface area contributed by atoms with Crippen molar-refractivity contribution < 1.29 is 14.3 Å². The van der Waals surface area contributed by atoms with Crippen LogP contribution in [0.1, 0.15) is 52.2 Å². The lowest BCUT2D eigenvalue weighted by Gasteiger charge is -2.42. The van der Waals surface area contributed by atoms with Gasteiger partial charge in [-0.15, -0.1) is 11.3 Å². The number of nitrogens with zero attached hydrogens (tertiary/aromatic N) is 1. The second-order valence-electron chi connectivity index (χ2n) is 8.67. The minimum atomic E-state index is -0.572. The summed E-state index contributed by atoms with van der Waals surface area (Å²) >= 11 is 7.82. The number of hydrogen-bond acceptors (Lipinski definition) is 4. The molecular formula is C26H27ClN2O3S. The van der Waals surface area contributed by atoms with Gasteiger partial charge in [0.15, 0.2) is 0 Å². The molecule has 7 heteroatoms. The molecule has 1 aliphatic heterocycles. The second kappa shape index (κ2) is 9.57. The third kappa shape index (κ3) is 4.50. The SMILES string of the molecule is COc1cc(Cl)c(C)cc1NC(=O)[C@@H]1c2ccccc2C(=O)N(CC(C)C)[C@H]1c1cccs1. The van der Waals surface area contributed by atoms with Crippen molar-refractivity contribution in [1.29, 1.82) is 0 Å². The van der Waals surface area contributed by atoms with Gasteiger partial charge in [-0.05, 0) is 47.5 Å². The molecule has 172 valence electrons. The number of halogens is 1. The Bertz CT molecular complexity index is 1180. The van der Waals surface area contributed by atoms with Gasteiger partial charge < -0.3 is 15.0 Å². The number of carbonyl (C=O) groups excluding carboxylic acids is 2. The Balaban J connectivity index is 1.83. The van der Waals surface area contributed by atoms with Gasteiger partial charge in [0.2, 0.25) is 5.91 Å². The van der Waals surface area contributed by atoms with Gasteiger partial charge >= 0.3 is 0 Å². The second-order valence-corrected chi connectivity index (χ2v) is 10.1. The molecule has 2 aromatic carbocycles. The molecule has 5 nitrogen and oxygen atoms in total. The third-order valence-electron chi connectivity index (χ3n) is 5.86. The zero-order valence-electron chi connectivity index (χ0n) is 19.1. The Labute approximate surface area is 203 Å². The lowest BCUT2D eigenvalue weighted by molar-refractivity contribution is -0.119. The number of carbonyl (C=O) groups is 2. The van der Waals surface area contributed by atoms with Gasteiger partial charge in [0.25, 0.3) is 5.91 Å². The number of hydrogen-bond donors (Lipinski definition) is 1. The monoisotopic (exact) mass is 482 g/mol. The van der Waals surface area contributed by atoms with Crippen LogP contribution in [-0.2, 0) is 4.79 Å². The van der Waals surface area contributed by atoms with E-state index < -0.39 is 12.0 Å². The number of benzene rings is 2. The quantitative estimate of drug-likeness (QED) is 0.449. The van der Waals surface area contributed by atoms with Gasteiger partial charge in [0.1, 0.15) is 5.75 Å². The molecule has 0 fully saturated rings. The van der Waals surface area contributed by atoms with Crippen LogP contribution in [0, 0.1) is 12.8 Å². The average Bonchev–Trinajstić information content (AvgIpc) is 3.32. The highest BCUT2D eigenvalue weighted by Crippen LogP contribution is 2.45. The molecule has 0 bridgehead atoms. The zero-order valence-corrected chi connectivity index (χ0v) is 20.7. The average molecular weight is 483 g/mol. The Morgan fingerprint density at radius 1 is 1.21 bits per heavy atom. The molecule has 0 saturated carbocycles. The molecule has 1 N–H and O–H groups in total. The lowest BCUT2D eigenvalue weighted by Crippen LogP contribution is -2.47. The molecule has 1 aliphatic rings. The largest absolute Gasteiger partial charge is 0.495 e. The summed E-state index contributed by atoms with van der Waals surface area (Å²) in [6.07, 6.45) is 0. The minimum Gasteiger partial charge on any atom is -0.495 e. The number of ether oxygens (including phenoxy) is 1. The van der Waals surface area contributed by atoms with E-state index in [0.717, 1.165) is 16.0 Å². The van der Waals surface area contributed by atoms with Crippen LogP contribution in [0.5, 0.6) is 5.75 Å². The topological polar surface area (TPSA) is 58.6 Å². The Morgan fingerprint density at radius 3 is 2.64 bits per heavy atom. The first kappa shape index (κ1) is 23.3. The van der Waals surface area contributed by atoms with Crippen LogP contribution in [0.4, 0.5) is 5.69 Å². The van der Waals surface area contributed by atoms with Gasteiger partial charge in [0, 0.05) is 28.1 Å². The van der Waals surface area contributed by atoms with Crippen LogP contribution in [-0.4, -0.2) is 30.4 Å². The van der Waals surface area contributed by atoms with E-state index >= 15 is 0 Å². The number of amides is 2. The van der Waals surface area contributed by atoms with Crippen LogP contribution in [0.15, 0.2) is 53.9 Å². The first-order valence-corrected chi connectivity index (χ1v) is 12.2. The van der Waals surface area contributed by atoms with E-state index in [0.29, 0.717) is 28.6 Å². The van der Waals surface area contributed by atoms with E-state index in [2.05, 4.69) is 19.2 Å². The summed E-state index contributed by atoms with van der Waals surface area (Å²) in [5, 5.41) is 5.61. The Kier molecular flexibility index (Phi) is 6.77. The standard InChI is InChI=1S/C26H27ClN2O3S/c1-15(2)14-29-24(22-10-7-11-33-22)23(17-8-5-6-9-18(17)26(29)31)25(30)28-20-12-16(3)19(27)13-21(20)32-4/h5-13,15,23-24H,14H2,1-4H3,(H,28,30)/t23-,24+/m1/s1. The Hall–Kier alpha value is -2.83. The zero-order chi connectivity index (χ0) is 23.7. The van der Waals surface area contributed by atoms with E-state index in [4.69, 9.17) is 16.3 Å². The molecule has 0 aliphatic carbocycles. The van der Waals surface area contributed by atoms with Gasteiger partial charge in [-0.25, -0.2) is 0 Å². The van der Waals surface area contributed by atoms with Crippen molar-refractivity contribution in [3.8, 4) is 5.75 Å². The normalized spacial score (nSPS) is 17.8. The molecule has 0 radical (unpaired) electrons. The van der Waals surface area contributed by atoms with E-state index in [9.17, 15) is 9.59 Å². The number of anilines is 1. The summed E-state index contributed by atoms with van der Waals surface area (Å²) in [6, 6.07) is 14.5. The van der Waals surface area contributed by atoms with Crippen molar-refractivity contribution in [1.82, 2.24) is 4.90 Å². The van der Waals surface area contributed by atoms with E-state index in [1.807, 2.05) is 59.7 Å². The first-order valence-electron chi connectivity index (χ1n) is 10.9. The fraction of sp³-hybridized carbons (Fsp3) is 0.308. The van der Waals surface area contributed by atoms with Gasteiger partial charge in [0.05, 0.1) is 24.8 Å². The predicted octanol–water partition coefficient (Wildman–Crippen LogP) is 6.29. The predicted molar refractivity (Wildman–Crippen MR) is 133 cm³/mol. The Morgan fingerprint density at radius 2 is 1.97 bits per heavy atom. The van der Waals surface area contributed by atoms with Crippen LogP contribution in [0.25, 0.3) is 0 Å². The van der Waals surface area contributed by atoms with Crippen molar-refractivity contribution in [2.45, 2.75) is 32.7 Å². The number of nitrogens with one attached hydrogen (secondary N) is 1. The summed E-state index contributed by atoms with van der Waals surface area (Å²) in [5.41, 5.74) is 2.70. The van der Waals surface area contributed by atoms with Crippen molar-refractivity contribution in [3.63, 3.8) is 0 Å². The smallest absolute Gasteiger partial charge is 0.254 e.